The number of fused-ring (bicyclic) bond motifs is 1. The van der Waals surface area contributed by atoms with E-state index in [2.05, 4.69) is 76.3 Å². The summed E-state index contributed by atoms with van der Waals surface area (Å²) in [6, 6.07) is 10.6. The van der Waals surface area contributed by atoms with Crippen molar-refractivity contribution in [2.45, 2.75) is 58.2 Å². The molecular weight excluding hydrogens is 244 g/mol. The van der Waals surface area contributed by atoms with Crippen molar-refractivity contribution in [1.82, 2.24) is 10.2 Å². The molecule has 0 aromatic heterocycles. The molecule has 0 radical (unpaired) electrons. The first kappa shape index (κ1) is 15.5. The van der Waals surface area contributed by atoms with Gasteiger partial charge in [0.25, 0.3) is 0 Å². The first-order chi connectivity index (χ1) is 9.47. The van der Waals surface area contributed by atoms with E-state index in [0.29, 0.717) is 30.0 Å². The second kappa shape index (κ2) is 6.28. The number of hydrogen-bond acceptors (Lipinski definition) is 2. The second-order valence-corrected chi connectivity index (χ2v) is 6.75. The maximum atomic E-state index is 3.56. The van der Waals surface area contributed by atoms with E-state index in [1.165, 1.54) is 17.5 Å². The summed E-state index contributed by atoms with van der Waals surface area (Å²) in [4.78, 5) is 2.58. The van der Waals surface area contributed by atoms with Gasteiger partial charge < -0.3 is 5.32 Å². The minimum absolute atomic E-state index is 0.439. The molecule has 1 N–H and O–H groups in total. The predicted octanol–water partition coefficient (Wildman–Crippen LogP) is 3.80. The molecule has 1 aromatic carbocycles. The topological polar surface area (TPSA) is 15.3 Å². The van der Waals surface area contributed by atoms with Gasteiger partial charge in [0.2, 0.25) is 0 Å². The number of hydrogen-bond donors (Lipinski definition) is 1. The summed E-state index contributed by atoms with van der Waals surface area (Å²) < 4.78 is 0. The van der Waals surface area contributed by atoms with Gasteiger partial charge in [0.1, 0.15) is 0 Å². The lowest BCUT2D eigenvalue weighted by Gasteiger charge is -2.44. The second-order valence-electron chi connectivity index (χ2n) is 6.75. The molecule has 1 aliphatic carbocycles. The Morgan fingerprint density at radius 3 is 2.30 bits per heavy atom. The summed E-state index contributed by atoms with van der Waals surface area (Å²) >= 11 is 0. The largest absolute Gasteiger partial charge is 0.312 e. The SMILES string of the molecule is CNC1c2ccccc2C(C)CC1N(C)C(C)C(C)C. The van der Waals surface area contributed by atoms with Gasteiger partial charge in [-0.3, -0.25) is 4.90 Å². The summed E-state index contributed by atoms with van der Waals surface area (Å²) in [5.41, 5.74) is 3.01. The molecule has 20 heavy (non-hydrogen) atoms. The summed E-state index contributed by atoms with van der Waals surface area (Å²) in [7, 11) is 4.39. The molecule has 0 fully saturated rings. The normalized spacial score (nSPS) is 27.7. The highest BCUT2D eigenvalue weighted by atomic mass is 15.2. The van der Waals surface area contributed by atoms with Crippen LogP contribution in [-0.2, 0) is 0 Å². The Kier molecular flexibility index (Phi) is 4.87. The van der Waals surface area contributed by atoms with E-state index in [4.69, 9.17) is 0 Å². The Hall–Kier alpha value is -0.860. The monoisotopic (exact) mass is 274 g/mol. The zero-order valence-corrected chi connectivity index (χ0v) is 13.9. The molecule has 4 atom stereocenters. The van der Waals surface area contributed by atoms with Crippen molar-refractivity contribution < 1.29 is 0 Å². The van der Waals surface area contributed by atoms with Gasteiger partial charge >= 0.3 is 0 Å². The molecule has 0 amide bonds. The highest BCUT2D eigenvalue weighted by molar-refractivity contribution is 5.36. The van der Waals surface area contributed by atoms with Crippen LogP contribution in [0.3, 0.4) is 0 Å². The minimum atomic E-state index is 0.439. The van der Waals surface area contributed by atoms with Crippen LogP contribution in [0.1, 0.15) is 57.2 Å². The predicted molar refractivity (Wildman–Crippen MR) is 87.1 cm³/mol. The fourth-order valence-electron chi connectivity index (χ4n) is 3.60. The Morgan fingerprint density at radius 1 is 1.15 bits per heavy atom. The highest BCUT2D eigenvalue weighted by Crippen LogP contribution is 2.39. The Balaban J connectivity index is 2.32. The van der Waals surface area contributed by atoms with Gasteiger partial charge in [-0.2, -0.15) is 0 Å². The van der Waals surface area contributed by atoms with Crippen LogP contribution in [0.2, 0.25) is 0 Å². The molecule has 0 bridgehead atoms. The zero-order chi connectivity index (χ0) is 14.9. The van der Waals surface area contributed by atoms with E-state index < -0.39 is 0 Å². The summed E-state index contributed by atoms with van der Waals surface area (Å²) in [5.74, 6) is 1.33. The molecule has 4 unspecified atom stereocenters. The van der Waals surface area contributed by atoms with Crippen LogP contribution in [0, 0.1) is 5.92 Å². The molecule has 0 aliphatic heterocycles. The van der Waals surface area contributed by atoms with Gasteiger partial charge in [-0.15, -0.1) is 0 Å². The fourth-order valence-corrected chi connectivity index (χ4v) is 3.60. The Bertz CT molecular complexity index is 441. The van der Waals surface area contributed by atoms with Crippen molar-refractivity contribution in [2.75, 3.05) is 14.1 Å². The average Bonchev–Trinajstić information content (AvgIpc) is 2.45. The number of nitrogens with one attached hydrogen (secondary N) is 1. The summed E-state index contributed by atoms with van der Waals surface area (Å²) in [5, 5.41) is 3.56. The van der Waals surface area contributed by atoms with Crippen LogP contribution in [0.5, 0.6) is 0 Å². The van der Waals surface area contributed by atoms with Crippen LogP contribution in [0.25, 0.3) is 0 Å². The molecule has 2 nitrogen and oxygen atoms in total. The van der Waals surface area contributed by atoms with Crippen molar-refractivity contribution >= 4 is 0 Å². The van der Waals surface area contributed by atoms with Gasteiger partial charge in [-0.05, 0) is 50.4 Å². The number of benzene rings is 1. The van der Waals surface area contributed by atoms with E-state index >= 15 is 0 Å². The minimum Gasteiger partial charge on any atom is -0.312 e. The van der Waals surface area contributed by atoms with Crippen molar-refractivity contribution in [3.05, 3.63) is 35.4 Å². The first-order valence-electron chi connectivity index (χ1n) is 7.95. The number of likely N-dealkylation sites (N-methyl/N-ethyl adjacent to an activating group) is 2. The lowest BCUT2D eigenvalue weighted by molar-refractivity contribution is 0.102. The maximum absolute atomic E-state index is 3.56. The van der Waals surface area contributed by atoms with E-state index in [0.717, 1.165) is 0 Å². The Morgan fingerprint density at radius 2 is 1.75 bits per heavy atom. The first-order valence-corrected chi connectivity index (χ1v) is 7.95. The molecular formula is C18H30N2. The van der Waals surface area contributed by atoms with Crippen LogP contribution < -0.4 is 5.32 Å². The van der Waals surface area contributed by atoms with E-state index in [1.54, 1.807) is 0 Å². The van der Waals surface area contributed by atoms with E-state index in [1.807, 2.05) is 0 Å². The summed E-state index contributed by atoms with van der Waals surface area (Å²) in [6.07, 6.45) is 1.23. The van der Waals surface area contributed by atoms with Crippen molar-refractivity contribution in [2.24, 2.45) is 5.92 Å². The Labute approximate surface area is 124 Å². The van der Waals surface area contributed by atoms with Gasteiger partial charge in [-0.25, -0.2) is 0 Å². The highest BCUT2D eigenvalue weighted by Gasteiger charge is 2.36. The number of rotatable bonds is 4. The van der Waals surface area contributed by atoms with Gasteiger partial charge in [0, 0.05) is 18.1 Å². The van der Waals surface area contributed by atoms with Crippen molar-refractivity contribution in [1.29, 1.82) is 0 Å². The lowest BCUT2D eigenvalue weighted by atomic mass is 9.77. The third kappa shape index (κ3) is 2.77. The maximum Gasteiger partial charge on any atom is 0.0478 e. The van der Waals surface area contributed by atoms with Crippen LogP contribution in [0.15, 0.2) is 24.3 Å². The molecule has 1 aliphatic rings. The van der Waals surface area contributed by atoms with Crippen LogP contribution in [0.4, 0.5) is 0 Å². The molecule has 0 saturated heterocycles. The quantitative estimate of drug-likeness (QED) is 0.898. The van der Waals surface area contributed by atoms with Gasteiger partial charge in [-0.1, -0.05) is 45.0 Å². The van der Waals surface area contributed by atoms with Crippen molar-refractivity contribution in [3.63, 3.8) is 0 Å². The average molecular weight is 274 g/mol. The molecule has 1 aromatic rings. The van der Waals surface area contributed by atoms with E-state index in [-0.39, 0.29) is 0 Å². The molecule has 0 spiro atoms. The van der Waals surface area contributed by atoms with Gasteiger partial charge in [0.05, 0.1) is 0 Å². The van der Waals surface area contributed by atoms with Crippen molar-refractivity contribution in [3.8, 4) is 0 Å². The zero-order valence-electron chi connectivity index (χ0n) is 13.9. The molecule has 112 valence electrons. The summed E-state index contributed by atoms with van der Waals surface area (Å²) in [6.45, 7) is 9.35. The third-order valence-corrected chi connectivity index (χ3v) is 5.28. The van der Waals surface area contributed by atoms with Gasteiger partial charge in [0.15, 0.2) is 0 Å². The van der Waals surface area contributed by atoms with Crippen LogP contribution in [-0.4, -0.2) is 31.1 Å². The van der Waals surface area contributed by atoms with Crippen LogP contribution >= 0.6 is 0 Å². The standard InChI is InChI=1S/C18H30N2/c1-12(2)14(4)20(6)17-11-13(3)15-9-7-8-10-16(15)18(17)19-5/h7-10,12-14,17-19H,11H2,1-6H3. The lowest BCUT2D eigenvalue weighted by Crippen LogP contribution is -2.49. The molecule has 0 heterocycles. The smallest absolute Gasteiger partial charge is 0.0478 e. The molecule has 2 rings (SSSR count). The third-order valence-electron chi connectivity index (χ3n) is 5.28. The number of nitrogens with zero attached hydrogens (tertiary/aromatic N) is 1. The molecule has 2 heteroatoms. The van der Waals surface area contributed by atoms with E-state index in [9.17, 15) is 0 Å². The molecule has 0 saturated carbocycles. The fraction of sp³-hybridized carbons (Fsp3) is 0.667.